The Morgan fingerprint density at radius 3 is 2.52 bits per heavy atom. The van der Waals surface area contributed by atoms with Crippen LogP contribution in [-0.4, -0.2) is 19.3 Å². The lowest BCUT2D eigenvalue weighted by Gasteiger charge is -2.31. The van der Waals surface area contributed by atoms with Gasteiger partial charge in [0.2, 0.25) is 0 Å². The van der Waals surface area contributed by atoms with Gasteiger partial charge in [0.25, 0.3) is 0 Å². The normalized spacial score (nSPS) is 12.8. The second-order valence-electron chi connectivity index (χ2n) is 8.00. The second kappa shape index (κ2) is 8.47. The van der Waals surface area contributed by atoms with Crippen LogP contribution in [0.3, 0.4) is 0 Å². The zero-order valence-electron chi connectivity index (χ0n) is 18.5. The number of ether oxygens (including phenoxy) is 2. The lowest BCUT2D eigenvalue weighted by atomic mass is 9.98. The zero-order chi connectivity index (χ0) is 22.9. The molecule has 0 N–H and O–H groups in total. The van der Waals surface area contributed by atoms with E-state index in [1.165, 1.54) is 6.07 Å². The van der Waals surface area contributed by atoms with Crippen molar-refractivity contribution in [3.63, 3.8) is 0 Å². The van der Waals surface area contributed by atoms with Crippen LogP contribution in [0, 0.1) is 6.92 Å². The molecule has 5 rings (SSSR count). The van der Waals surface area contributed by atoms with Crippen molar-refractivity contribution in [3.8, 4) is 16.9 Å². The van der Waals surface area contributed by atoms with Crippen LogP contribution in [0.4, 0.5) is 5.69 Å². The number of aryl methyl sites for hydroxylation is 1. The first-order valence-corrected chi connectivity index (χ1v) is 10.8. The first kappa shape index (κ1) is 20.8. The van der Waals surface area contributed by atoms with E-state index in [1.807, 2.05) is 60.4 Å². The average molecular weight is 441 g/mol. The number of carbonyl (C=O) groups is 1. The van der Waals surface area contributed by atoms with Crippen molar-refractivity contribution >= 4 is 22.6 Å². The van der Waals surface area contributed by atoms with Gasteiger partial charge in [0.15, 0.2) is 6.73 Å². The van der Waals surface area contributed by atoms with Crippen LogP contribution in [0.15, 0.2) is 75.9 Å². The Labute approximate surface area is 191 Å². The highest BCUT2D eigenvalue weighted by Gasteiger charge is 2.23. The summed E-state index contributed by atoms with van der Waals surface area (Å²) in [5.41, 5.74) is 5.29. The maximum absolute atomic E-state index is 12.5. The fraction of sp³-hybridized carbons (Fsp3) is 0.185. The van der Waals surface area contributed by atoms with Crippen molar-refractivity contribution in [2.45, 2.75) is 20.4 Å². The molecule has 166 valence electrons. The van der Waals surface area contributed by atoms with Gasteiger partial charge in [-0.05, 0) is 61.4 Å². The Kier molecular flexibility index (Phi) is 5.34. The smallest absolute Gasteiger partial charge is 0.338 e. The molecule has 4 aromatic rings. The van der Waals surface area contributed by atoms with Gasteiger partial charge in [-0.15, -0.1) is 0 Å². The maximum atomic E-state index is 12.5. The van der Waals surface area contributed by atoms with Crippen molar-refractivity contribution in [3.05, 3.63) is 93.8 Å². The number of carbonyl (C=O) groups excluding carboxylic acids is 1. The van der Waals surface area contributed by atoms with Gasteiger partial charge in [0.05, 0.1) is 24.3 Å². The molecule has 33 heavy (non-hydrogen) atoms. The monoisotopic (exact) mass is 441 g/mol. The SMILES string of the molecule is CCOC(=O)c1ccc(N2COc3ccc4c(-c5ccc(C)cc5)cc(=O)oc4c3C2)cc1. The molecule has 0 saturated heterocycles. The van der Waals surface area contributed by atoms with E-state index in [2.05, 4.69) is 0 Å². The molecule has 0 saturated carbocycles. The van der Waals surface area contributed by atoms with Crippen molar-refractivity contribution in [2.24, 2.45) is 0 Å². The van der Waals surface area contributed by atoms with Gasteiger partial charge in [0.1, 0.15) is 11.3 Å². The van der Waals surface area contributed by atoms with E-state index in [1.54, 1.807) is 19.1 Å². The van der Waals surface area contributed by atoms with Crippen LogP contribution in [-0.2, 0) is 11.3 Å². The third-order valence-corrected chi connectivity index (χ3v) is 5.80. The fourth-order valence-corrected chi connectivity index (χ4v) is 4.09. The molecule has 6 nitrogen and oxygen atoms in total. The van der Waals surface area contributed by atoms with Crippen LogP contribution in [0.5, 0.6) is 5.75 Å². The van der Waals surface area contributed by atoms with E-state index >= 15 is 0 Å². The van der Waals surface area contributed by atoms with Crippen LogP contribution in [0.1, 0.15) is 28.4 Å². The molecule has 1 aromatic heterocycles. The molecule has 0 fully saturated rings. The standard InChI is InChI=1S/C27H23NO5/c1-3-31-27(30)19-8-10-20(11-9-19)28-15-23-24(32-16-28)13-12-21-22(14-25(29)33-26(21)23)18-6-4-17(2)5-7-18/h4-14H,3,15-16H2,1-2H3. The Bertz CT molecular complexity index is 1390. The number of hydrogen-bond acceptors (Lipinski definition) is 6. The van der Waals surface area contributed by atoms with Gasteiger partial charge in [-0.25, -0.2) is 9.59 Å². The second-order valence-corrected chi connectivity index (χ2v) is 8.00. The molecule has 0 radical (unpaired) electrons. The molecule has 0 unspecified atom stereocenters. The van der Waals surface area contributed by atoms with Gasteiger partial charge in [-0.3, -0.25) is 0 Å². The summed E-state index contributed by atoms with van der Waals surface area (Å²) in [5, 5.41) is 0.861. The van der Waals surface area contributed by atoms with Gasteiger partial charge in [-0.1, -0.05) is 29.8 Å². The van der Waals surface area contributed by atoms with Crippen molar-refractivity contribution < 1.29 is 18.7 Å². The predicted molar refractivity (Wildman–Crippen MR) is 127 cm³/mol. The Balaban J connectivity index is 1.53. The third-order valence-electron chi connectivity index (χ3n) is 5.80. The molecule has 0 aliphatic carbocycles. The number of fused-ring (bicyclic) bond motifs is 3. The number of benzene rings is 3. The third kappa shape index (κ3) is 3.96. The lowest BCUT2D eigenvalue weighted by molar-refractivity contribution is 0.0526. The first-order valence-electron chi connectivity index (χ1n) is 10.8. The van der Waals surface area contributed by atoms with Crippen LogP contribution < -0.4 is 15.3 Å². The quantitative estimate of drug-likeness (QED) is 0.316. The number of anilines is 1. The molecule has 0 amide bonds. The van der Waals surface area contributed by atoms with E-state index in [-0.39, 0.29) is 5.97 Å². The number of esters is 1. The molecule has 0 bridgehead atoms. The largest absolute Gasteiger partial charge is 0.473 e. The van der Waals surface area contributed by atoms with Crippen LogP contribution in [0.2, 0.25) is 0 Å². The zero-order valence-corrected chi connectivity index (χ0v) is 18.5. The van der Waals surface area contributed by atoms with Gasteiger partial charge in [-0.2, -0.15) is 0 Å². The molecular weight excluding hydrogens is 418 g/mol. The van der Waals surface area contributed by atoms with Crippen molar-refractivity contribution in [1.82, 2.24) is 0 Å². The minimum absolute atomic E-state index is 0.334. The number of hydrogen-bond donors (Lipinski definition) is 0. The lowest BCUT2D eigenvalue weighted by Crippen LogP contribution is -2.32. The minimum Gasteiger partial charge on any atom is -0.473 e. The number of rotatable bonds is 4. The molecule has 2 heterocycles. The van der Waals surface area contributed by atoms with E-state index in [4.69, 9.17) is 13.9 Å². The van der Waals surface area contributed by atoms with Crippen molar-refractivity contribution in [2.75, 3.05) is 18.2 Å². The topological polar surface area (TPSA) is 69.0 Å². The molecule has 0 spiro atoms. The van der Waals surface area contributed by atoms with Crippen LogP contribution in [0.25, 0.3) is 22.1 Å². The summed E-state index contributed by atoms with van der Waals surface area (Å²) in [7, 11) is 0. The van der Waals surface area contributed by atoms with E-state index in [9.17, 15) is 9.59 Å². The molecule has 0 atom stereocenters. The van der Waals surface area contributed by atoms with Gasteiger partial charge >= 0.3 is 11.6 Å². The first-order chi connectivity index (χ1) is 16.0. The molecule has 1 aliphatic heterocycles. The fourth-order valence-electron chi connectivity index (χ4n) is 4.09. The number of nitrogens with zero attached hydrogens (tertiary/aromatic N) is 1. The summed E-state index contributed by atoms with van der Waals surface area (Å²) in [6.45, 7) is 5.00. The Morgan fingerprint density at radius 2 is 1.79 bits per heavy atom. The highest BCUT2D eigenvalue weighted by Crippen LogP contribution is 2.37. The van der Waals surface area contributed by atoms with E-state index in [0.717, 1.165) is 33.3 Å². The van der Waals surface area contributed by atoms with E-state index in [0.29, 0.717) is 36.8 Å². The van der Waals surface area contributed by atoms with Gasteiger partial charge in [0, 0.05) is 17.1 Å². The summed E-state index contributed by atoms with van der Waals surface area (Å²) in [5.74, 6) is 0.354. The van der Waals surface area contributed by atoms with Crippen LogP contribution >= 0.6 is 0 Å². The molecule has 6 heteroatoms. The highest BCUT2D eigenvalue weighted by molar-refractivity contribution is 5.96. The highest BCUT2D eigenvalue weighted by atomic mass is 16.5. The summed E-state index contributed by atoms with van der Waals surface area (Å²) in [6, 6.07) is 20.7. The summed E-state index contributed by atoms with van der Waals surface area (Å²) < 4.78 is 16.7. The molecular formula is C27H23NO5. The average Bonchev–Trinajstić information content (AvgIpc) is 2.84. The molecule has 1 aliphatic rings. The molecule has 3 aromatic carbocycles. The maximum Gasteiger partial charge on any atom is 0.338 e. The van der Waals surface area contributed by atoms with Gasteiger partial charge < -0.3 is 18.8 Å². The van der Waals surface area contributed by atoms with Crippen molar-refractivity contribution in [1.29, 1.82) is 0 Å². The summed E-state index contributed by atoms with van der Waals surface area (Å²) in [6.07, 6.45) is 0. The predicted octanol–water partition coefficient (Wildman–Crippen LogP) is 5.30. The minimum atomic E-state index is -0.401. The Morgan fingerprint density at radius 1 is 1.03 bits per heavy atom. The summed E-state index contributed by atoms with van der Waals surface area (Å²) >= 11 is 0. The summed E-state index contributed by atoms with van der Waals surface area (Å²) in [4.78, 5) is 26.4. The Hall–Kier alpha value is -4.06. The van der Waals surface area contributed by atoms with E-state index < -0.39 is 5.63 Å².